The quantitative estimate of drug-likeness (QED) is 0.412. The van der Waals surface area contributed by atoms with Crippen LogP contribution in [0.1, 0.15) is 25.2 Å². The summed E-state index contributed by atoms with van der Waals surface area (Å²) in [4.78, 5) is 33.8. The van der Waals surface area contributed by atoms with Crippen LogP contribution < -0.4 is 16.7 Å². The summed E-state index contributed by atoms with van der Waals surface area (Å²) in [6.07, 6.45) is 3.89. The highest BCUT2D eigenvalue weighted by Gasteiger charge is 2.22. The molecule has 150 valence electrons. The summed E-state index contributed by atoms with van der Waals surface area (Å²) in [6.45, 7) is 2.01. The summed E-state index contributed by atoms with van der Waals surface area (Å²) in [5.74, 6) is 1.18. The van der Waals surface area contributed by atoms with Gasteiger partial charge in [-0.2, -0.15) is 9.97 Å². The van der Waals surface area contributed by atoms with Crippen molar-refractivity contribution >= 4 is 28.6 Å². The van der Waals surface area contributed by atoms with Gasteiger partial charge in [-0.1, -0.05) is 25.1 Å². The van der Waals surface area contributed by atoms with E-state index in [0.717, 1.165) is 5.69 Å². The lowest BCUT2D eigenvalue weighted by molar-refractivity contribution is 0.639. The predicted molar refractivity (Wildman–Crippen MR) is 114 cm³/mol. The van der Waals surface area contributed by atoms with E-state index in [1.807, 2.05) is 43.3 Å². The Morgan fingerprint density at radius 1 is 1.13 bits per heavy atom. The molecule has 0 radical (unpaired) electrons. The monoisotopic (exact) mass is 401 g/mol. The molecule has 10 nitrogen and oxygen atoms in total. The zero-order valence-corrected chi connectivity index (χ0v) is 16.1. The Balaban J connectivity index is 1.70. The Kier molecular flexibility index (Phi) is 4.16. The molecule has 0 aliphatic heterocycles. The Morgan fingerprint density at radius 2 is 1.97 bits per heavy atom. The van der Waals surface area contributed by atoms with Gasteiger partial charge in [-0.05, 0) is 30.7 Å². The molecule has 5 rings (SSSR count). The van der Waals surface area contributed by atoms with Crippen molar-refractivity contribution in [2.45, 2.75) is 19.4 Å². The Labute approximate surface area is 170 Å². The van der Waals surface area contributed by atoms with Crippen LogP contribution in [0.15, 0.2) is 59.8 Å². The number of para-hydroxylation sites is 1. The van der Waals surface area contributed by atoms with E-state index < -0.39 is 0 Å². The number of H-pyrrole nitrogens is 1. The number of hydrogen-bond donors (Lipinski definition) is 3. The Hall–Kier alpha value is -4.21. The molecule has 5 aromatic rings. The van der Waals surface area contributed by atoms with Crippen molar-refractivity contribution in [1.29, 1.82) is 0 Å². The third kappa shape index (κ3) is 2.85. The molecule has 0 aliphatic carbocycles. The first kappa shape index (κ1) is 17.9. The van der Waals surface area contributed by atoms with Gasteiger partial charge in [0.15, 0.2) is 11.5 Å². The third-order valence-electron chi connectivity index (χ3n) is 4.92. The molecule has 10 heteroatoms. The van der Waals surface area contributed by atoms with E-state index in [9.17, 15) is 4.79 Å². The fourth-order valence-electron chi connectivity index (χ4n) is 3.52. The van der Waals surface area contributed by atoms with Crippen molar-refractivity contribution in [3.05, 3.63) is 71.3 Å². The van der Waals surface area contributed by atoms with Gasteiger partial charge in [-0.15, -0.1) is 0 Å². The van der Waals surface area contributed by atoms with Crippen LogP contribution in [0.3, 0.4) is 0 Å². The predicted octanol–water partition coefficient (Wildman–Crippen LogP) is 2.30. The fraction of sp³-hybridized carbons (Fsp3) is 0.150. The number of aromatic amines is 1. The number of nitrogens with one attached hydrogen (secondary N) is 2. The van der Waals surface area contributed by atoms with E-state index in [2.05, 4.69) is 25.3 Å². The minimum absolute atomic E-state index is 0.125. The average molecular weight is 401 g/mol. The molecular formula is C20H19N9O. The molecule has 1 atom stereocenters. The van der Waals surface area contributed by atoms with Crippen LogP contribution in [-0.4, -0.2) is 33.9 Å². The number of aromatic nitrogens is 7. The maximum atomic E-state index is 13.3. The average Bonchev–Trinajstić information content (AvgIpc) is 3.41. The molecule has 4 N–H and O–H groups in total. The van der Waals surface area contributed by atoms with Gasteiger partial charge in [0.05, 0.1) is 18.1 Å². The lowest BCUT2D eigenvalue weighted by Gasteiger charge is -2.21. The Bertz CT molecular complexity index is 1400. The molecule has 0 amide bonds. The number of nitrogen functional groups attached to an aromatic ring is 1. The van der Waals surface area contributed by atoms with E-state index >= 15 is 0 Å². The lowest BCUT2D eigenvalue weighted by Crippen LogP contribution is -2.32. The highest BCUT2D eigenvalue weighted by Crippen LogP contribution is 2.26. The zero-order valence-electron chi connectivity index (χ0n) is 16.1. The summed E-state index contributed by atoms with van der Waals surface area (Å²) in [5, 5.41) is 3.36. The highest BCUT2D eigenvalue weighted by molar-refractivity contribution is 5.83. The van der Waals surface area contributed by atoms with Crippen LogP contribution in [0.4, 0.5) is 11.8 Å². The number of nitrogens with two attached hydrogens (primary N) is 1. The molecule has 0 saturated carbocycles. The molecule has 1 aromatic carbocycles. The zero-order chi connectivity index (χ0) is 20.7. The number of hydrogen-bond acceptors (Lipinski definition) is 7. The Morgan fingerprint density at radius 3 is 2.77 bits per heavy atom. The van der Waals surface area contributed by atoms with E-state index in [0.29, 0.717) is 34.9 Å². The van der Waals surface area contributed by atoms with E-state index in [1.54, 1.807) is 16.8 Å². The van der Waals surface area contributed by atoms with Crippen molar-refractivity contribution in [2.24, 2.45) is 0 Å². The van der Waals surface area contributed by atoms with E-state index in [-0.39, 0.29) is 17.7 Å². The van der Waals surface area contributed by atoms with E-state index in [1.165, 1.54) is 10.7 Å². The van der Waals surface area contributed by atoms with E-state index in [4.69, 9.17) is 10.7 Å². The molecule has 0 bridgehead atoms. The van der Waals surface area contributed by atoms with Gasteiger partial charge in [-0.3, -0.25) is 4.40 Å². The second-order valence-electron chi connectivity index (χ2n) is 6.80. The van der Waals surface area contributed by atoms with Crippen molar-refractivity contribution in [1.82, 2.24) is 33.9 Å². The minimum atomic E-state index is -0.327. The number of anilines is 2. The molecular weight excluding hydrogens is 382 g/mol. The maximum absolute atomic E-state index is 13.3. The van der Waals surface area contributed by atoms with Gasteiger partial charge in [0, 0.05) is 6.20 Å². The van der Waals surface area contributed by atoms with Gasteiger partial charge in [-0.25, -0.2) is 19.3 Å². The summed E-state index contributed by atoms with van der Waals surface area (Å²) >= 11 is 0. The van der Waals surface area contributed by atoms with Crippen molar-refractivity contribution in [2.75, 3.05) is 11.1 Å². The van der Waals surface area contributed by atoms with Crippen molar-refractivity contribution < 1.29 is 0 Å². The number of nitrogens with zero attached hydrogens (tertiary/aromatic N) is 6. The van der Waals surface area contributed by atoms with Gasteiger partial charge in [0.2, 0.25) is 5.95 Å². The normalized spacial score (nSPS) is 12.4. The molecule has 1 unspecified atom stereocenters. The van der Waals surface area contributed by atoms with Gasteiger partial charge >= 0.3 is 5.69 Å². The SMILES string of the molecule is CCC(Nc1nc(N)nc2[nH]cnc12)c1nc2cccn2c(=O)n1-c1ccccc1. The van der Waals surface area contributed by atoms with Gasteiger partial charge < -0.3 is 16.0 Å². The summed E-state index contributed by atoms with van der Waals surface area (Å²) in [5.41, 5.74) is 8.08. The van der Waals surface area contributed by atoms with Crippen LogP contribution in [0.2, 0.25) is 0 Å². The van der Waals surface area contributed by atoms with Crippen molar-refractivity contribution in [3.8, 4) is 5.69 Å². The van der Waals surface area contributed by atoms with Gasteiger partial charge in [0.1, 0.15) is 17.0 Å². The second-order valence-corrected chi connectivity index (χ2v) is 6.80. The minimum Gasteiger partial charge on any atom is -0.368 e. The summed E-state index contributed by atoms with van der Waals surface area (Å²) < 4.78 is 3.14. The molecule has 4 aromatic heterocycles. The lowest BCUT2D eigenvalue weighted by atomic mass is 10.2. The number of imidazole rings is 1. The topological polar surface area (TPSA) is 132 Å². The van der Waals surface area contributed by atoms with Crippen LogP contribution in [0.5, 0.6) is 0 Å². The number of benzene rings is 1. The second kappa shape index (κ2) is 6.99. The summed E-state index contributed by atoms with van der Waals surface area (Å²) in [6, 6.07) is 12.7. The molecule has 4 heterocycles. The largest absolute Gasteiger partial charge is 0.368 e. The summed E-state index contributed by atoms with van der Waals surface area (Å²) in [7, 11) is 0. The molecule has 0 spiro atoms. The maximum Gasteiger partial charge on any atom is 0.339 e. The van der Waals surface area contributed by atoms with Crippen LogP contribution in [-0.2, 0) is 0 Å². The molecule has 0 aliphatic rings. The smallest absolute Gasteiger partial charge is 0.339 e. The van der Waals surface area contributed by atoms with Crippen LogP contribution in [0, 0.1) is 0 Å². The number of rotatable bonds is 5. The van der Waals surface area contributed by atoms with Crippen LogP contribution >= 0.6 is 0 Å². The first-order chi connectivity index (χ1) is 14.7. The molecule has 0 saturated heterocycles. The van der Waals surface area contributed by atoms with Crippen molar-refractivity contribution in [3.63, 3.8) is 0 Å². The number of fused-ring (bicyclic) bond motifs is 2. The molecule has 30 heavy (non-hydrogen) atoms. The fourth-order valence-corrected chi connectivity index (χ4v) is 3.52. The van der Waals surface area contributed by atoms with Gasteiger partial charge in [0.25, 0.3) is 0 Å². The molecule has 0 fully saturated rings. The first-order valence-electron chi connectivity index (χ1n) is 9.54. The highest BCUT2D eigenvalue weighted by atomic mass is 16.1. The van der Waals surface area contributed by atoms with Crippen LogP contribution in [0.25, 0.3) is 22.5 Å². The standard InChI is InChI=1S/C20H19N9O/c1-2-13(24-17-15-16(23-11-22-15)26-19(21)27-17)18-25-14-9-6-10-28(14)20(30)29(18)12-7-4-3-5-8-12/h3-11,13H,2H2,1H3,(H4,21,22,23,24,26,27). The first-order valence-corrected chi connectivity index (χ1v) is 9.54. The third-order valence-corrected chi connectivity index (χ3v) is 4.92.